The molecule has 3 rings (SSSR count). The summed E-state index contributed by atoms with van der Waals surface area (Å²) < 4.78 is 10.3. The molecule has 3 amide bonds. The fourth-order valence-corrected chi connectivity index (χ4v) is 4.02. The van der Waals surface area contributed by atoms with Gasteiger partial charge >= 0.3 is 6.03 Å². The van der Waals surface area contributed by atoms with E-state index in [-0.39, 0.29) is 11.9 Å². The van der Waals surface area contributed by atoms with Crippen LogP contribution in [0, 0.1) is 5.41 Å². The number of piperidine rings is 1. The van der Waals surface area contributed by atoms with Crippen molar-refractivity contribution in [2.75, 3.05) is 47.0 Å². The average molecular weight is 375 g/mol. The number of urea groups is 1. The lowest BCUT2D eigenvalue weighted by Crippen LogP contribution is -2.51. The number of hydrogen-bond donors (Lipinski definition) is 1. The fourth-order valence-electron chi connectivity index (χ4n) is 4.02. The van der Waals surface area contributed by atoms with Crippen LogP contribution in [-0.4, -0.2) is 68.7 Å². The maximum Gasteiger partial charge on any atom is 0.317 e. The standard InChI is InChI=1S/C20H29N3O4/c1-26-13-12-22-10-3-8-20(18(22)24)9-11-23(15-20)19(25)21-14-16-4-6-17(27-2)7-5-16/h4-7H,3,8-15H2,1-2H3,(H,21,25)/t20-/m0/s1. The van der Waals surface area contributed by atoms with Gasteiger partial charge in [-0.15, -0.1) is 0 Å². The molecule has 0 bridgehead atoms. The van der Waals surface area contributed by atoms with Crippen molar-refractivity contribution in [2.24, 2.45) is 5.41 Å². The second-order valence-corrected chi connectivity index (χ2v) is 7.35. The highest BCUT2D eigenvalue weighted by Gasteiger charge is 2.49. The van der Waals surface area contributed by atoms with Crippen LogP contribution in [0.15, 0.2) is 24.3 Å². The van der Waals surface area contributed by atoms with E-state index in [1.165, 1.54) is 0 Å². The van der Waals surface area contributed by atoms with Gasteiger partial charge < -0.3 is 24.6 Å². The number of methoxy groups -OCH3 is 2. The van der Waals surface area contributed by atoms with Crippen LogP contribution in [0.2, 0.25) is 0 Å². The Morgan fingerprint density at radius 1 is 1.19 bits per heavy atom. The third kappa shape index (κ3) is 4.35. The summed E-state index contributed by atoms with van der Waals surface area (Å²) >= 11 is 0. The molecule has 0 aliphatic carbocycles. The fraction of sp³-hybridized carbons (Fsp3) is 0.600. The monoisotopic (exact) mass is 375 g/mol. The van der Waals surface area contributed by atoms with Crippen LogP contribution >= 0.6 is 0 Å². The van der Waals surface area contributed by atoms with Gasteiger partial charge in [0, 0.05) is 39.8 Å². The third-order valence-corrected chi connectivity index (χ3v) is 5.63. The molecule has 1 spiro atoms. The number of hydrogen-bond acceptors (Lipinski definition) is 4. The van der Waals surface area contributed by atoms with E-state index in [1.54, 1.807) is 19.1 Å². The number of benzene rings is 1. The first-order chi connectivity index (χ1) is 13.1. The van der Waals surface area contributed by atoms with Gasteiger partial charge in [-0.2, -0.15) is 0 Å². The molecule has 0 unspecified atom stereocenters. The van der Waals surface area contributed by atoms with Crippen molar-refractivity contribution in [3.63, 3.8) is 0 Å². The summed E-state index contributed by atoms with van der Waals surface area (Å²) in [7, 11) is 3.28. The molecule has 7 heteroatoms. The Balaban J connectivity index is 1.54. The number of rotatable bonds is 6. The molecular formula is C20H29N3O4. The van der Waals surface area contributed by atoms with Gasteiger partial charge in [-0.05, 0) is 37.0 Å². The van der Waals surface area contributed by atoms with Gasteiger partial charge in [0.1, 0.15) is 5.75 Å². The number of carbonyl (C=O) groups excluding carboxylic acids is 2. The summed E-state index contributed by atoms with van der Waals surface area (Å²) in [6.45, 7) is 3.55. The van der Waals surface area contributed by atoms with Crippen LogP contribution in [0.5, 0.6) is 5.75 Å². The van der Waals surface area contributed by atoms with Gasteiger partial charge in [0.25, 0.3) is 0 Å². The van der Waals surface area contributed by atoms with Gasteiger partial charge in [-0.1, -0.05) is 12.1 Å². The predicted molar refractivity (Wildman–Crippen MR) is 102 cm³/mol. The minimum Gasteiger partial charge on any atom is -0.497 e. The molecule has 2 heterocycles. The van der Waals surface area contributed by atoms with Crippen LogP contribution in [0.1, 0.15) is 24.8 Å². The third-order valence-electron chi connectivity index (χ3n) is 5.63. The van der Waals surface area contributed by atoms with E-state index in [0.717, 1.165) is 37.1 Å². The van der Waals surface area contributed by atoms with E-state index in [1.807, 2.05) is 29.2 Å². The molecule has 0 radical (unpaired) electrons. The summed E-state index contributed by atoms with van der Waals surface area (Å²) in [5.41, 5.74) is 0.598. The van der Waals surface area contributed by atoms with Crippen LogP contribution in [0.25, 0.3) is 0 Å². The van der Waals surface area contributed by atoms with Crippen molar-refractivity contribution in [1.29, 1.82) is 0 Å². The Morgan fingerprint density at radius 2 is 1.96 bits per heavy atom. The maximum atomic E-state index is 13.0. The highest BCUT2D eigenvalue weighted by molar-refractivity contribution is 5.85. The first-order valence-electron chi connectivity index (χ1n) is 9.52. The summed E-state index contributed by atoms with van der Waals surface area (Å²) in [6.07, 6.45) is 2.58. The zero-order valence-electron chi connectivity index (χ0n) is 16.2. The molecule has 1 aromatic carbocycles. The molecule has 2 aliphatic heterocycles. The Labute approximate surface area is 160 Å². The number of amides is 3. The van der Waals surface area contributed by atoms with E-state index in [0.29, 0.717) is 32.8 Å². The van der Waals surface area contributed by atoms with Crippen LogP contribution in [-0.2, 0) is 16.1 Å². The first kappa shape index (κ1) is 19.5. The van der Waals surface area contributed by atoms with Gasteiger partial charge in [0.2, 0.25) is 5.91 Å². The predicted octanol–water partition coefficient (Wildman–Crippen LogP) is 1.87. The molecule has 1 atom stereocenters. The molecule has 2 fully saturated rings. The molecular weight excluding hydrogens is 346 g/mol. The number of nitrogens with zero attached hydrogens (tertiary/aromatic N) is 2. The molecule has 2 aliphatic rings. The summed E-state index contributed by atoms with van der Waals surface area (Å²) in [6, 6.07) is 7.51. The molecule has 0 saturated carbocycles. The highest BCUT2D eigenvalue weighted by atomic mass is 16.5. The van der Waals surface area contributed by atoms with Crippen molar-refractivity contribution in [3.8, 4) is 5.75 Å². The van der Waals surface area contributed by atoms with Crippen molar-refractivity contribution in [1.82, 2.24) is 15.1 Å². The van der Waals surface area contributed by atoms with Crippen molar-refractivity contribution >= 4 is 11.9 Å². The lowest BCUT2D eigenvalue weighted by atomic mass is 9.78. The quantitative estimate of drug-likeness (QED) is 0.824. The number of carbonyl (C=O) groups is 2. The zero-order chi connectivity index (χ0) is 19.3. The highest BCUT2D eigenvalue weighted by Crippen LogP contribution is 2.40. The van der Waals surface area contributed by atoms with Crippen LogP contribution in [0.4, 0.5) is 4.79 Å². The molecule has 27 heavy (non-hydrogen) atoms. The van der Waals surface area contributed by atoms with Gasteiger partial charge in [-0.3, -0.25) is 4.79 Å². The summed E-state index contributed by atoms with van der Waals surface area (Å²) in [4.78, 5) is 29.2. The lowest BCUT2D eigenvalue weighted by Gasteiger charge is -2.39. The summed E-state index contributed by atoms with van der Waals surface area (Å²) in [5.74, 6) is 0.969. The number of nitrogens with one attached hydrogen (secondary N) is 1. The Morgan fingerprint density at radius 3 is 2.67 bits per heavy atom. The second-order valence-electron chi connectivity index (χ2n) is 7.35. The van der Waals surface area contributed by atoms with E-state index in [9.17, 15) is 9.59 Å². The van der Waals surface area contributed by atoms with E-state index in [2.05, 4.69) is 5.32 Å². The first-order valence-corrected chi connectivity index (χ1v) is 9.52. The molecule has 0 aromatic heterocycles. The van der Waals surface area contributed by atoms with Gasteiger partial charge in [0.15, 0.2) is 0 Å². The van der Waals surface area contributed by atoms with E-state index < -0.39 is 5.41 Å². The SMILES string of the molecule is COCCN1CCC[C@@]2(CCN(C(=O)NCc3ccc(OC)cc3)C2)C1=O. The zero-order valence-corrected chi connectivity index (χ0v) is 16.2. The molecule has 148 valence electrons. The van der Waals surface area contributed by atoms with Crippen molar-refractivity contribution in [3.05, 3.63) is 29.8 Å². The molecule has 1 N–H and O–H groups in total. The second kappa shape index (κ2) is 8.61. The number of likely N-dealkylation sites (tertiary alicyclic amines) is 2. The Kier molecular flexibility index (Phi) is 6.21. The van der Waals surface area contributed by atoms with Crippen molar-refractivity contribution in [2.45, 2.75) is 25.8 Å². The molecule has 7 nitrogen and oxygen atoms in total. The minimum absolute atomic E-state index is 0.107. The van der Waals surface area contributed by atoms with Crippen LogP contribution < -0.4 is 10.1 Å². The average Bonchev–Trinajstić information content (AvgIpc) is 3.13. The largest absolute Gasteiger partial charge is 0.497 e. The topological polar surface area (TPSA) is 71.1 Å². The lowest BCUT2D eigenvalue weighted by molar-refractivity contribution is -0.146. The minimum atomic E-state index is -0.413. The van der Waals surface area contributed by atoms with Gasteiger partial charge in [-0.25, -0.2) is 4.79 Å². The normalized spacial score (nSPS) is 22.4. The maximum absolute atomic E-state index is 13.0. The van der Waals surface area contributed by atoms with E-state index in [4.69, 9.17) is 9.47 Å². The molecule has 1 aromatic rings. The molecule has 2 saturated heterocycles. The van der Waals surface area contributed by atoms with Crippen LogP contribution in [0.3, 0.4) is 0 Å². The Hall–Kier alpha value is -2.28. The summed E-state index contributed by atoms with van der Waals surface area (Å²) in [5, 5.41) is 2.96. The number of ether oxygens (including phenoxy) is 2. The van der Waals surface area contributed by atoms with Crippen molar-refractivity contribution < 1.29 is 19.1 Å². The van der Waals surface area contributed by atoms with E-state index >= 15 is 0 Å². The smallest absolute Gasteiger partial charge is 0.317 e. The Bertz CT molecular complexity index is 664. The van der Waals surface area contributed by atoms with Gasteiger partial charge in [0.05, 0.1) is 19.1 Å².